The molecule has 6 heteroatoms. The molecule has 34 heavy (non-hydrogen) atoms. The molecule has 0 radical (unpaired) electrons. The quantitative estimate of drug-likeness (QED) is 0.707. The van der Waals surface area contributed by atoms with Crippen LogP contribution in [-0.4, -0.2) is 18.2 Å². The van der Waals surface area contributed by atoms with Crippen LogP contribution < -0.4 is 15.5 Å². The summed E-state index contributed by atoms with van der Waals surface area (Å²) in [7, 11) is 0. The van der Waals surface area contributed by atoms with E-state index in [1.807, 2.05) is 50.2 Å². The summed E-state index contributed by atoms with van der Waals surface area (Å²) in [6, 6.07) is 18.8. The molecule has 6 nitrogen and oxygen atoms in total. The fourth-order valence-electron chi connectivity index (χ4n) is 5.68. The number of amides is 1. The van der Waals surface area contributed by atoms with E-state index in [9.17, 15) is 14.9 Å². The molecule has 0 bridgehead atoms. The Morgan fingerprint density at radius 3 is 2.41 bits per heavy atom. The number of ketones is 1. The first kappa shape index (κ1) is 21.6. The lowest BCUT2D eigenvalue weighted by Crippen LogP contribution is -2.53. The van der Waals surface area contributed by atoms with Gasteiger partial charge in [-0.15, -0.1) is 6.42 Å². The Bertz CT molecular complexity index is 1390. The molecular weight excluding hydrogens is 424 g/mol. The van der Waals surface area contributed by atoms with Gasteiger partial charge >= 0.3 is 0 Å². The van der Waals surface area contributed by atoms with Crippen LogP contribution in [0.5, 0.6) is 0 Å². The van der Waals surface area contributed by atoms with Crippen LogP contribution in [0.25, 0.3) is 0 Å². The summed E-state index contributed by atoms with van der Waals surface area (Å²) in [4.78, 5) is 31.4. The molecule has 1 spiro atoms. The van der Waals surface area contributed by atoms with Crippen molar-refractivity contribution in [1.82, 2.24) is 0 Å². The van der Waals surface area contributed by atoms with Gasteiger partial charge in [-0.05, 0) is 30.0 Å². The molecule has 2 aliphatic heterocycles. The highest BCUT2D eigenvalue weighted by Gasteiger charge is 2.63. The van der Waals surface area contributed by atoms with E-state index in [-0.39, 0.29) is 35.6 Å². The highest BCUT2D eigenvalue weighted by Crippen LogP contribution is 2.58. The van der Waals surface area contributed by atoms with Crippen LogP contribution in [-0.2, 0) is 15.0 Å². The maximum atomic E-state index is 14.2. The van der Waals surface area contributed by atoms with Crippen LogP contribution in [0.3, 0.4) is 0 Å². The zero-order chi connectivity index (χ0) is 24.3. The number of hydrogen-bond acceptors (Lipinski definition) is 5. The molecule has 0 aromatic heterocycles. The molecule has 2 N–H and O–H groups in total. The van der Waals surface area contributed by atoms with Crippen molar-refractivity contribution >= 4 is 23.1 Å². The first-order chi connectivity index (χ1) is 16.3. The Balaban J connectivity index is 1.92. The van der Waals surface area contributed by atoms with E-state index in [0.717, 1.165) is 5.69 Å². The number of rotatable bonds is 2. The van der Waals surface area contributed by atoms with Crippen molar-refractivity contribution in [1.29, 1.82) is 5.26 Å². The van der Waals surface area contributed by atoms with Crippen molar-refractivity contribution in [2.45, 2.75) is 32.1 Å². The number of fused-ring (bicyclic) bond motifs is 3. The van der Waals surface area contributed by atoms with Gasteiger partial charge in [0.2, 0.25) is 5.91 Å². The molecule has 0 saturated heterocycles. The van der Waals surface area contributed by atoms with Gasteiger partial charge in [0.25, 0.3) is 0 Å². The van der Waals surface area contributed by atoms with E-state index in [4.69, 9.17) is 12.2 Å². The molecule has 0 fully saturated rings. The van der Waals surface area contributed by atoms with Gasteiger partial charge in [-0.2, -0.15) is 5.26 Å². The van der Waals surface area contributed by atoms with Crippen molar-refractivity contribution in [3.63, 3.8) is 0 Å². The molecule has 168 valence electrons. The number of benzene rings is 2. The lowest BCUT2D eigenvalue weighted by atomic mass is 9.60. The Morgan fingerprint density at radius 2 is 1.74 bits per heavy atom. The van der Waals surface area contributed by atoms with Gasteiger partial charge in [-0.25, -0.2) is 0 Å². The fraction of sp³-hybridized carbons (Fsp3) is 0.250. The van der Waals surface area contributed by atoms with E-state index in [1.165, 1.54) is 4.90 Å². The smallest absolute Gasteiger partial charge is 0.248 e. The Hall–Kier alpha value is -4.29. The van der Waals surface area contributed by atoms with Crippen molar-refractivity contribution in [2.24, 2.45) is 11.1 Å². The predicted molar refractivity (Wildman–Crippen MR) is 130 cm³/mol. The number of hydrogen-bond donors (Lipinski definition) is 1. The van der Waals surface area contributed by atoms with Crippen molar-refractivity contribution < 1.29 is 9.59 Å². The largest absolute Gasteiger partial charge is 0.384 e. The molecule has 3 aliphatic rings. The normalized spacial score (nSPS) is 23.1. The number of nitrogens with zero attached hydrogens (tertiary/aromatic N) is 3. The minimum atomic E-state index is -1.61. The zero-order valence-corrected chi connectivity index (χ0v) is 19.1. The highest BCUT2D eigenvalue weighted by molar-refractivity contribution is 6.21. The predicted octanol–water partition coefficient (Wildman–Crippen LogP) is 3.76. The molecule has 1 atom stereocenters. The van der Waals surface area contributed by atoms with Gasteiger partial charge in [0.05, 0.1) is 12.1 Å². The van der Waals surface area contributed by atoms with Crippen LogP contribution in [0.1, 0.15) is 32.3 Å². The molecule has 1 unspecified atom stereocenters. The maximum Gasteiger partial charge on any atom is 0.248 e. The van der Waals surface area contributed by atoms with E-state index >= 15 is 0 Å². The monoisotopic (exact) mass is 448 g/mol. The number of allylic oxidation sites excluding steroid dienone is 1. The maximum absolute atomic E-state index is 14.2. The summed E-state index contributed by atoms with van der Waals surface area (Å²) < 4.78 is 0. The van der Waals surface area contributed by atoms with Crippen LogP contribution in [0.2, 0.25) is 0 Å². The zero-order valence-electron chi connectivity index (χ0n) is 19.1. The summed E-state index contributed by atoms with van der Waals surface area (Å²) in [5.74, 6) is 2.14. The lowest BCUT2D eigenvalue weighted by molar-refractivity contribution is -0.125. The first-order valence-corrected chi connectivity index (χ1v) is 11.1. The molecule has 2 heterocycles. The number of para-hydroxylation sites is 2. The summed E-state index contributed by atoms with van der Waals surface area (Å²) in [6.07, 6.45) is 6.39. The van der Waals surface area contributed by atoms with E-state index in [2.05, 4.69) is 12.0 Å². The summed E-state index contributed by atoms with van der Waals surface area (Å²) in [6.45, 7) is 4.08. The summed E-state index contributed by atoms with van der Waals surface area (Å²) >= 11 is 0. The van der Waals surface area contributed by atoms with Gasteiger partial charge in [0.15, 0.2) is 5.78 Å². The number of carbonyl (C=O) groups excluding carboxylic acids is 2. The number of Topliss-reactive ketones (excluding diaryl/α,β-unsaturated/α-hetero) is 1. The minimum Gasteiger partial charge on any atom is -0.384 e. The van der Waals surface area contributed by atoms with Crippen LogP contribution in [0.4, 0.5) is 11.4 Å². The number of nitriles is 1. The fourth-order valence-corrected chi connectivity index (χ4v) is 5.68. The SMILES string of the molecule is C#CCN1C(=O)C2(C(C#N)=C(N)N(c3ccccc3)C3=C2C(=O)CC(C)(C)C3)c2ccccc21. The molecule has 5 rings (SSSR count). The van der Waals surface area contributed by atoms with E-state index < -0.39 is 11.3 Å². The van der Waals surface area contributed by atoms with Gasteiger partial charge in [-0.3, -0.25) is 19.4 Å². The third-order valence-electron chi connectivity index (χ3n) is 6.91. The number of nitrogens with two attached hydrogens (primary N) is 1. The average molecular weight is 449 g/mol. The molecule has 2 aromatic carbocycles. The molecular formula is C28H24N4O2. The first-order valence-electron chi connectivity index (χ1n) is 11.1. The van der Waals surface area contributed by atoms with E-state index in [1.54, 1.807) is 23.1 Å². The van der Waals surface area contributed by atoms with Crippen molar-refractivity contribution in [2.75, 3.05) is 16.3 Å². The lowest BCUT2D eigenvalue weighted by Gasteiger charge is -2.47. The standard InChI is InChI=1S/C28H24N4O2/c1-4-14-31-21-13-9-8-12-19(21)28(26(31)34)20(17-29)25(30)32(18-10-6-5-7-11-18)22-15-27(2,3)16-23(33)24(22)28/h1,5-13H,14-16,30H2,2-3H3. The molecule has 1 aliphatic carbocycles. The average Bonchev–Trinajstić information content (AvgIpc) is 3.03. The Kier molecular flexibility index (Phi) is 4.67. The number of terminal acetylenes is 1. The minimum absolute atomic E-state index is 0.0287. The van der Waals surface area contributed by atoms with Crippen LogP contribution in [0.15, 0.2) is 77.3 Å². The molecule has 0 saturated carbocycles. The van der Waals surface area contributed by atoms with Gasteiger partial charge < -0.3 is 5.73 Å². The molecule has 1 amide bonds. The van der Waals surface area contributed by atoms with Crippen LogP contribution in [0, 0.1) is 29.1 Å². The Morgan fingerprint density at radius 1 is 1.06 bits per heavy atom. The van der Waals surface area contributed by atoms with Crippen molar-refractivity contribution in [3.8, 4) is 18.4 Å². The van der Waals surface area contributed by atoms with Crippen LogP contribution >= 0.6 is 0 Å². The second-order valence-corrected chi connectivity index (χ2v) is 9.67. The van der Waals surface area contributed by atoms with Crippen molar-refractivity contribution in [3.05, 3.63) is 82.8 Å². The topological polar surface area (TPSA) is 90.4 Å². The summed E-state index contributed by atoms with van der Waals surface area (Å²) in [5, 5.41) is 10.4. The third kappa shape index (κ3) is 2.69. The van der Waals surface area contributed by atoms with E-state index in [0.29, 0.717) is 28.9 Å². The van der Waals surface area contributed by atoms with Gasteiger partial charge in [0, 0.05) is 34.6 Å². The Labute approximate surface area is 199 Å². The second kappa shape index (κ2) is 7.37. The second-order valence-electron chi connectivity index (χ2n) is 9.67. The number of carbonyl (C=O) groups is 2. The third-order valence-corrected chi connectivity index (χ3v) is 6.91. The number of anilines is 2. The molecule has 2 aromatic rings. The van der Waals surface area contributed by atoms with Gasteiger partial charge in [-0.1, -0.05) is 56.2 Å². The highest BCUT2D eigenvalue weighted by atomic mass is 16.2. The van der Waals surface area contributed by atoms with Gasteiger partial charge in [0.1, 0.15) is 17.3 Å². The summed E-state index contributed by atoms with van der Waals surface area (Å²) in [5.41, 5.74) is 7.73.